The first-order valence-electron chi connectivity index (χ1n) is 12.4. The maximum absolute atomic E-state index is 12.8. The number of amides is 1. The Morgan fingerprint density at radius 1 is 0.921 bits per heavy atom. The highest BCUT2D eigenvalue weighted by molar-refractivity contribution is 5.72. The first-order valence-corrected chi connectivity index (χ1v) is 12.4. The summed E-state index contributed by atoms with van der Waals surface area (Å²) in [6.45, 7) is 5.34. The standard InChI is InChI=1S/C27H34F3NO7/c1-3-5-16-35-17-14-31(26(34)38-23-12-8-21(9-13-23)27(28,29)30)15-18-37-22-10-6-20(7-11-22)19-24(25(32)33)36-4-2/h6-13,24H,3-5,14-19H2,1-2H3,(H,32,33). The summed E-state index contributed by atoms with van der Waals surface area (Å²) in [5.41, 5.74) is -0.0709. The van der Waals surface area contributed by atoms with E-state index in [4.69, 9.17) is 18.9 Å². The Morgan fingerprint density at radius 3 is 2.13 bits per heavy atom. The second-order valence-electron chi connectivity index (χ2n) is 8.32. The van der Waals surface area contributed by atoms with E-state index in [1.165, 1.54) is 4.90 Å². The van der Waals surface area contributed by atoms with Crippen molar-refractivity contribution in [3.8, 4) is 11.5 Å². The van der Waals surface area contributed by atoms with Crippen LogP contribution in [0, 0.1) is 0 Å². The topological polar surface area (TPSA) is 94.5 Å². The zero-order valence-corrected chi connectivity index (χ0v) is 21.5. The van der Waals surface area contributed by atoms with Crippen molar-refractivity contribution in [1.29, 1.82) is 0 Å². The fourth-order valence-corrected chi connectivity index (χ4v) is 3.32. The number of carboxylic acid groups (broad SMARTS) is 1. The van der Waals surface area contributed by atoms with Crippen molar-refractivity contribution in [2.75, 3.05) is 39.5 Å². The van der Waals surface area contributed by atoms with Crippen molar-refractivity contribution >= 4 is 12.1 Å². The van der Waals surface area contributed by atoms with Crippen LogP contribution < -0.4 is 9.47 Å². The van der Waals surface area contributed by atoms with E-state index in [1.807, 2.05) is 6.92 Å². The van der Waals surface area contributed by atoms with Gasteiger partial charge < -0.3 is 29.0 Å². The van der Waals surface area contributed by atoms with E-state index in [0.29, 0.717) is 19.0 Å². The van der Waals surface area contributed by atoms with Gasteiger partial charge in [0.1, 0.15) is 18.1 Å². The molecule has 0 bridgehead atoms. The summed E-state index contributed by atoms with van der Waals surface area (Å²) in [6.07, 6.45) is -4.09. The molecule has 8 nitrogen and oxygen atoms in total. The fraction of sp³-hybridized carbons (Fsp3) is 0.481. The number of nitrogens with zero attached hydrogens (tertiary/aromatic N) is 1. The summed E-state index contributed by atoms with van der Waals surface area (Å²) in [6, 6.07) is 10.7. The largest absolute Gasteiger partial charge is 0.492 e. The number of carbonyl (C=O) groups is 2. The molecule has 0 saturated carbocycles. The predicted octanol–water partition coefficient (Wildman–Crippen LogP) is 5.43. The van der Waals surface area contributed by atoms with Crippen molar-refractivity contribution in [2.45, 2.75) is 45.4 Å². The highest BCUT2D eigenvalue weighted by Crippen LogP contribution is 2.30. The lowest BCUT2D eigenvalue weighted by molar-refractivity contribution is -0.150. The number of ether oxygens (including phenoxy) is 4. The van der Waals surface area contributed by atoms with Gasteiger partial charge in [-0.25, -0.2) is 9.59 Å². The van der Waals surface area contributed by atoms with Gasteiger partial charge in [-0.15, -0.1) is 0 Å². The molecule has 0 aliphatic rings. The molecular weight excluding hydrogens is 507 g/mol. The second-order valence-corrected chi connectivity index (χ2v) is 8.32. The molecule has 0 radical (unpaired) electrons. The van der Waals surface area contributed by atoms with Gasteiger partial charge in [-0.3, -0.25) is 0 Å². The first kappa shape index (κ1) is 30.9. The molecule has 2 aromatic rings. The Balaban J connectivity index is 1.94. The molecule has 0 aliphatic carbocycles. The third-order valence-electron chi connectivity index (χ3n) is 5.41. The Kier molecular flexibility index (Phi) is 12.9. The van der Waals surface area contributed by atoms with Crippen LogP contribution in [0.2, 0.25) is 0 Å². The normalized spacial score (nSPS) is 12.1. The van der Waals surface area contributed by atoms with Crippen molar-refractivity contribution in [1.82, 2.24) is 4.90 Å². The SMILES string of the molecule is CCCCOCCN(CCOc1ccc(CC(OCC)C(=O)O)cc1)C(=O)Oc1ccc(C(F)(F)F)cc1. The van der Waals surface area contributed by atoms with Crippen LogP contribution in [0.15, 0.2) is 48.5 Å². The molecule has 1 amide bonds. The van der Waals surface area contributed by atoms with Crippen LogP contribution in [0.1, 0.15) is 37.8 Å². The van der Waals surface area contributed by atoms with Gasteiger partial charge in [0.05, 0.1) is 18.7 Å². The predicted molar refractivity (Wildman–Crippen MR) is 133 cm³/mol. The minimum atomic E-state index is -4.48. The molecule has 38 heavy (non-hydrogen) atoms. The van der Waals surface area contributed by atoms with Gasteiger partial charge in [-0.1, -0.05) is 25.5 Å². The maximum atomic E-state index is 12.8. The van der Waals surface area contributed by atoms with Gasteiger partial charge in [0.15, 0.2) is 6.10 Å². The van der Waals surface area contributed by atoms with Gasteiger partial charge >= 0.3 is 18.2 Å². The molecule has 1 N–H and O–H groups in total. The average Bonchev–Trinajstić information content (AvgIpc) is 2.88. The van der Waals surface area contributed by atoms with Crippen LogP contribution in [0.3, 0.4) is 0 Å². The quantitative estimate of drug-likeness (QED) is 0.283. The lowest BCUT2D eigenvalue weighted by Gasteiger charge is -2.22. The van der Waals surface area contributed by atoms with Crippen LogP contribution in [-0.4, -0.2) is 67.7 Å². The fourth-order valence-electron chi connectivity index (χ4n) is 3.32. The molecule has 0 aromatic heterocycles. The molecule has 1 unspecified atom stereocenters. The molecule has 0 saturated heterocycles. The summed E-state index contributed by atoms with van der Waals surface area (Å²) in [4.78, 5) is 25.4. The molecule has 2 rings (SSSR count). The highest BCUT2D eigenvalue weighted by atomic mass is 19.4. The zero-order chi connectivity index (χ0) is 28.0. The maximum Gasteiger partial charge on any atom is 0.416 e. The number of hydrogen-bond donors (Lipinski definition) is 1. The average molecular weight is 542 g/mol. The number of carbonyl (C=O) groups excluding carboxylic acids is 1. The number of halogens is 3. The number of carboxylic acids is 1. The van der Waals surface area contributed by atoms with Gasteiger partial charge in [0.25, 0.3) is 0 Å². The summed E-state index contributed by atoms with van der Waals surface area (Å²) < 4.78 is 60.1. The number of hydrogen-bond acceptors (Lipinski definition) is 6. The van der Waals surface area contributed by atoms with Crippen molar-refractivity contribution in [3.05, 3.63) is 59.7 Å². The van der Waals surface area contributed by atoms with Crippen molar-refractivity contribution < 1.29 is 46.8 Å². The van der Waals surface area contributed by atoms with Crippen LogP contribution in [0.25, 0.3) is 0 Å². The molecular formula is C27H34F3NO7. The molecule has 0 fully saturated rings. The lowest BCUT2D eigenvalue weighted by atomic mass is 10.1. The highest BCUT2D eigenvalue weighted by Gasteiger charge is 2.30. The second kappa shape index (κ2) is 15.8. The van der Waals surface area contributed by atoms with E-state index in [1.54, 1.807) is 31.2 Å². The van der Waals surface area contributed by atoms with Crippen molar-refractivity contribution in [3.63, 3.8) is 0 Å². The Morgan fingerprint density at radius 2 is 1.55 bits per heavy atom. The summed E-state index contributed by atoms with van der Waals surface area (Å²) in [5, 5.41) is 9.23. The number of alkyl halides is 3. The van der Waals surface area contributed by atoms with Gasteiger partial charge in [-0.2, -0.15) is 13.2 Å². The van der Waals surface area contributed by atoms with E-state index in [-0.39, 0.29) is 38.5 Å². The monoisotopic (exact) mass is 541 g/mol. The van der Waals surface area contributed by atoms with E-state index >= 15 is 0 Å². The van der Waals surface area contributed by atoms with Crippen LogP contribution in [0.4, 0.5) is 18.0 Å². The van der Waals surface area contributed by atoms with E-state index in [9.17, 15) is 27.9 Å². The van der Waals surface area contributed by atoms with Crippen LogP contribution in [0.5, 0.6) is 11.5 Å². The van der Waals surface area contributed by atoms with Crippen LogP contribution in [-0.2, 0) is 26.9 Å². The molecule has 0 spiro atoms. The third-order valence-corrected chi connectivity index (χ3v) is 5.41. The number of unbranched alkanes of at least 4 members (excludes halogenated alkanes) is 1. The summed E-state index contributed by atoms with van der Waals surface area (Å²) in [5.74, 6) is -0.524. The van der Waals surface area contributed by atoms with Gasteiger partial charge in [-0.05, 0) is 55.3 Å². The van der Waals surface area contributed by atoms with Crippen molar-refractivity contribution in [2.24, 2.45) is 0 Å². The van der Waals surface area contributed by atoms with E-state index < -0.39 is 29.9 Å². The third kappa shape index (κ3) is 11.0. The summed E-state index contributed by atoms with van der Waals surface area (Å²) in [7, 11) is 0. The molecule has 11 heteroatoms. The zero-order valence-electron chi connectivity index (χ0n) is 21.5. The Hall–Kier alpha value is -3.31. The minimum absolute atomic E-state index is 0.0110. The molecule has 2 aromatic carbocycles. The minimum Gasteiger partial charge on any atom is -0.492 e. The van der Waals surface area contributed by atoms with E-state index in [0.717, 1.165) is 42.7 Å². The van der Waals surface area contributed by atoms with Gasteiger partial charge in [0.2, 0.25) is 0 Å². The molecule has 0 aliphatic heterocycles. The smallest absolute Gasteiger partial charge is 0.416 e. The lowest BCUT2D eigenvalue weighted by Crippen LogP contribution is -2.39. The number of aliphatic carboxylic acids is 1. The number of rotatable bonds is 16. The van der Waals surface area contributed by atoms with Gasteiger partial charge in [0, 0.05) is 26.2 Å². The first-order chi connectivity index (χ1) is 18.1. The Bertz CT molecular complexity index is 982. The number of benzene rings is 2. The van der Waals surface area contributed by atoms with E-state index in [2.05, 4.69) is 0 Å². The molecule has 210 valence electrons. The molecule has 1 atom stereocenters. The Labute approximate surface area is 220 Å². The van der Waals surface area contributed by atoms with Crippen LogP contribution >= 0.6 is 0 Å². The molecule has 0 heterocycles. The summed E-state index contributed by atoms with van der Waals surface area (Å²) >= 11 is 0.